The van der Waals surface area contributed by atoms with Crippen molar-refractivity contribution in [1.82, 2.24) is 9.29 Å². The van der Waals surface area contributed by atoms with Crippen molar-refractivity contribution >= 4 is 48.3 Å². The Labute approximate surface area is 155 Å². The van der Waals surface area contributed by atoms with Gasteiger partial charge in [0.05, 0.1) is 15.1 Å². The van der Waals surface area contributed by atoms with Crippen LogP contribution in [0.2, 0.25) is 5.02 Å². The maximum atomic E-state index is 12.7. The van der Waals surface area contributed by atoms with Gasteiger partial charge in [-0.15, -0.1) is 0 Å². The molecule has 2 heterocycles. The van der Waals surface area contributed by atoms with Gasteiger partial charge in [0.2, 0.25) is 10.0 Å². The van der Waals surface area contributed by atoms with Gasteiger partial charge < -0.3 is 4.90 Å². The summed E-state index contributed by atoms with van der Waals surface area (Å²) in [7, 11) is -3.48. The zero-order valence-corrected chi connectivity index (χ0v) is 15.7. The zero-order chi connectivity index (χ0) is 17.4. The van der Waals surface area contributed by atoms with Crippen molar-refractivity contribution in [2.75, 3.05) is 31.1 Å². The summed E-state index contributed by atoms with van der Waals surface area (Å²) in [5, 5.41) is 1.48. The molecule has 1 saturated heterocycles. The molecule has 0 saturated carbocycles. The normalized spacial score (nSPS) is 16.4. The van der Waals surface area contributed by atoms with Crippen LogP contribution < -0.4 is 4.90 Å². The lowest BCUT2D eigenvalue weighted by Crippen LogP contribution is -2.48. The number of sulfonamides is 1. The van der Waals surface area contributed by atoms with Crippen LogP contribution in [0.3, 0.4) is 0 Å². The number of fused-ring (bicyclic) bond motifs is 1. The first-order chi connectivity index (χ1) is 12.0. The van der Waals surface area contributed by atoms with Crippen LogP contribution in [-0.2, 0) is 10.0 Å². The molecule has 0 N–H and O–H groups in total. The van der Waals surface area contributed by atoms with Gasteiger partial charge in [0, 0.05) is 31.2 Å². The van der Waals surface area contributed by atoms with Crippen LogP contribution in [0.25, 0.3) is 10.2 Å². The summed E-state index contributed by atoms with van der Waals surface area (Å²) in [4.78, 5) is 7.09. The molecule has 25 heavy (non-hydrogen) atoms. The third-order valence-electron chi connectivity index (χ3n) is 4.24. The van der Waals surface area contributed by atoms with Gasteiger partial charge in [-0.05, 0) is 36.4 Å². The first-order valence-corrected chi connectivity index (χ1v) is 10.5. The minimum atomic E-state index is -3.48. The third-order valence-corrected chi connectivity index (χ3v) is 7.51. The van der Waals surface area contributed by atoms with E-state index in [1.165, 1.54) is 4.31 Å². The molecule has 0 radical (unpaired) electrons. The first-order valence-electron chi connectivity index (χ1n) is 7.90. The van der Waals surface area contributed by atoms with Crippen molar-refractivity contribution in [2.45, 2.75) is 4.90 Å². The number of hydrogen-bond acceptors (Lipinski definition) is 5. The van der Waals surface area contributed by atoms with Crippen LogP contribution in [0, 0.1) is 0 Å². The van der Waals surface area contributed by atoms with Crippen LogP contribution in [0.5, 0.6) is 0 Å². The molecule has 0 aliphatic carbocycles. The second-order valence-electron chi connectivity index (χ2n) is 5.81. The third kappa shape index (κ3) is 3.25. The topological polar surface area (TPSA) is 53.5 Å². The van der Waals surface area contributed by atoms with E-state index in [0.717, 1.165) is 15.3 Å². The summed E-state index contributed by atoms with van der Waals surface area (Å²) >= 11 is 7.49. The van der Waals surface area contributed by atoms with Crippen LogP contribution in [0.4, 0.5) is 5.13 Å². The molecule has 0 unspecified atom stereocenters. The summed E-state index contributed by atoms with van der Waals surface area (Å²) in [5.41, 5.74) is 0.985. The lowest BCUT2D eigenvalue weighted by atomic mass is 10.3. The van der Waals surface area contributed by atoms with E-state index in [2.05, 4.69) is 16.0 Å². The number of nitrogens with zero attached hydrogens (tertiary/aromatic N) is 3. The van der Waals surface area contributed by atoms with Crippen molar-refractivity contribution in [3.8, 4) is 0 Å². The van der Waals surface area contributed by atoms with Gasteiger partial charge in [-0.25, -0.2) is 13.4 Å². The summed E-state index contributed by atoms with van der Waals surface area (Å²) in [6, 6.07) is 14.3. The predicted octanol–water partition coefficient (Wildman–Crippen LogP) is 3.46. The van der Waals surface area contributed by atoms with Gasteiger partial charge in [0.15, 0.2) is 5.13 Å². The van der Waals surface area contributed by atoms with E-state index in [4.69, 9.17) is 11.6 Å². The average molecular weight is 394 g/mol. The SMILES string of the molecule is O=S(=O)(c1ccc(Cl)cc1)N1CCN(c2nc3ccccc3s2)CC1. The second-order valence-corrected chi connectivity index (χ2v) is 9.19. The van der Waals surface area contributed by atoms with Crippen molar-refractivity contribution in [1.29, 1.82) is 0 Å². The first kappa shape index (κ1) is 16.8. The van der Waals surface area contributed by atoms with Gasteiger partial charge in [-0.2, -0.15) is 4.31 Å². The molecular formula is C17H16ClN3O2S2. The number of benzene rings is 2. The Morgan fingerprint density at radius 2 is 1.64 bits per heavy atom. The van der Waals surface area contributed by atoms with Gasteiger partial charge in [-0.3, -0.25) is 0 Å². The van der Waals surface area contributed by atoms with Crippen LogP contribution in [0.15, 0.2) is 53.4 Å². The van der Waals surface area contributed by atoms with E-state index < -0.39 is 10.0 Å². The Kier molecular flexibility index (Phi) is 4.41. The summed E-state index contributed by atoms with van der Waals surface area (Å²) in [5.74, 6) is 0. The molecule has 0 bridgehead atoms. The molecule has 1 aliphatic heterocycles. The average Bonchev–Trinajstić information content (AvgIpc) is 3.06. The quantitative estimate of drug-likeness (QED) is 0.683. The van der Waals surface area contributed by atoms with Gasteiger partial charge in [0.25, 0.3) is 0 Å². The summed E-state index contributed by atoms with van der Waals surface area (Å²) in [6.07, 6.45) is 0. The van der Waals surface area contributed by atoms with Gasteiger partial charge in [0.1, 0.15) is 0 Å². The smallest absolute Gasteiger partial charge is 0.243 e. The molecule has 0 amide bonds. The maximum Gasteiger partial charge on any atom is 0.243 e. The molecular weight excluding hydrogens is 378 g/mol. The van der Waals surface area contributed by atoms with E-state index >= 15 is 0 Å². The maximum absolute atomic E-state index is 12.7. The second kappa shape index (κ2) is 6.57. The summed E-state index contributed by atoms with van der Waals surface area (Å²) < 4.78 is 28.1. The minimum absolute atomic E-state index is 0.283. The number of anilines is 1. The molecule has 130 valence electrons. The highest BCUT2D eigenvalue weighted by atomic mass is 35.5. The molecule has 8 heteroatoms. The Balaban J connectivity index is 1.50. The number of para-hydroxylation sites is 1. The summed E-state index contributed by atoms with van der Waals surface area (Å²) in [6.45, 7) is 2.15. The van der Waals surface area contributed by atoms with E-state index in [1.807, 2.05) is 18.2 Å². The van der Waals surface area contributed by atoms with Gasteiger partial charge >= 0.3 is 0 Å². The molecule has 2 aromatic carbocycles. The van der Waals surface area contributed by atoms with Crippen molar-refractivity contribution in [2.24, 2.45) is 0 Å². The molecule has 4 rings (SSSR count). The fourth-order valence-corrected chi connectivity index (χ4v) is 5.44. The Bertz CT molecular complexity index is 961. The van der Waals surface area contributed by atoms with Crippen molar-refractivity contribution < 1.29 is 8.42 Å². The van der Waals surface area contributed by atoms with Crippen LogP contribution >= 0.6 is 22.9 Å². The standard InChI is InChI=1S/C17H16ClN3O2S2/c18-13-5-7-14(8-6-13)25(22,23)21-11-9-20(10-12-21)17-19-15-3-1-2-4-16(15)24-17/h1-8H,9-12H2. The van der Waals surface area contributed by atoms with Crippen molar-refractivity contribution in [3.63, 3.8) is 0 Å². The predicted molar refractivity (Wildman–Crippen MR) is 102 cm³/mol. The van der Waals surface area contributed by atoms with Crippen LogP contribution in [0.1, 0.15) is 0 Å². The number of thiazole rings is 1. The lowest BCUT2D eigenvalue weighted by molar-refractivity contribution is 0.385. The van der Waals surface area contributed by atoms with Gasteiger partial charge in [-0.1, -0.05) is 35.1 Å². The highest BCUT2D eigenvalue weighted by molar-refractivity contribution is 7.89. The van der Waals surface area contributed by atoms with E-state index in [-0.39, 0.29) is 4.90 Å². The fraction of sp³-hybridized carbons (Fsp3) is 0.235. The number of aromatic nitrogens is 1. The van der Waals surface area contributed by atoms with Crippen LogP contribution in [-0.4, -0.2) is 43.9 Å². The molecule has 1 fully saturated rings. The molecule has 5 nitrogen and oxygen atoms in total. The lowest BCUT2D eigenvalue weighted by Gasteiger charge is -2.33. The fourth-order valence-electron chi connectivity index (χ4n) is 2.87. The Hall–Kier alpha value is -1.67. The minimum Gasteiger partial charge on any atom is -0.345 e. The van der Waals surface area contributed by atoms with E-state index in [9.17, 15) is 8.42 Å². The largest absolute Gasteiger partial charge is 0.345 e. The highest BCUT2D eigenvalue weighted by Crippen LogP contribution is 2.30. The molecule has 0 atom stereocenters. The molecule has 1 aliphatic rings. The highest BCUT2D eigenvalue weighted by Gasteiger charge is 2.29. The molecule has 1 aromatic heterocycles. The number of piperazine rings is 1. The monoisotopic (exact) mass is 393 g/mol. The molecule has 0 spiro atoms. The number of hydrogen-bond donors (Lipinski definition) is 0. The Morgan fingerprint density at radius 3 is 2.32 bits per heavy atom. The molecule has 3 aromatic rings. The van der Waals surface area contributed by atoms with Crippen molar-refractivity contribution in [3.05, 3.63) is 53.6 Å². The van der Waals surface area contributed by atoms with E-state index in [0.29, 0.717) is 31.2 Å². The number of rotatable bonds is 3. The Morgan fingerprint density at radius 1 is 0.960 bits per heavy atom. The van der Waals surface area contributed by atoms with E-state index in [1.54, 1.807) is 35.6 Å². The zero-order valence-electron chi connectivity index (χ0n) is 13.3. The number of halogens is 1.